The Morgan fingerprint density at radius 1 is 1.47 bits per heavy atom. The highest BCUT2D eigenvalue weighted by atomic mass is 31.2. The van der Waals surface area contributed by atoms with Crippen LogP contribution in [0.25, 0.3) is 0 Å². The van der Waals surface area contributed by atoms with Gasteiger partial charge < -0.3 is 24.3 Å². The first-order valence-electron chi connectivity index (χ1n) is 9.94. The molecule has 2 aliphatic heterocycles. The predicted molar refractivity (Wildman–Crippen MR) is 106 cm³/mol. The maximum absolute atomic E-state index is 14.1. The number of carbonyl (C=O) groups is 1. The summed E-state index contributed by atoms with van der Waals surface area (Å²) < 4.78 is 63.0. The minimum Gasteiger partial charge on any atom is -0.463 e. The number of carbonyl (C=O) groups excluding carboxylic acids is 1. The molecule has 0 bridgehead atoms. The Hall–Kier alpha value is -1.92. The molecule has 3 N–H and O–H groups in total. The van der Waals surface area contributed by atoms with E-state index in [2.05, 4.69) is 4.98 Å². The van der Waals surface area contributed by atoms with Gasteiger partial charge in [-0.05, 0) is 20.8 Å². The molecule has 2 fully saturated rings. The number of fused-ring (bicyclic) bond motifs is 1. The molecule has 2 saturated heterocycles. The van der Waals surface area contributed by atoms with Gasteiger partial charge in [0.25, 0.3) is 11.5 Å². The van der Waals surface area contributed by atoms with E-state index in [0.29, 0.717) is 0 Å². The average Bonchev–Trinajstić information content (AvgIpc) is 2.90. The summed E-state index contributed by atoms with van der Waals surface area (Å²) in [7, 11) is -4.01. The number of ether oxygens (including phenoxy) is 2. The summed E-state index contributed by atoms with van der Waals surface area (Å²) in [5, 5.41) is 0. The van der Waals surface area contributed by atoms with E-state index in [1.165, 1.54) is 20.0 Å². The summed E-state index contributed by atoms with van der Waals surface area (Å²) in [6, 6.07) is 1.12. The van der Waals surface area contributed by atoms with Crippen molar-refractivity contribution < 1.29 is 36.7 Å². The summed E-state index contributed by atoms with van der Waals surface area (Å²) in [5.74, 6) is -5.39. The standard InChI is InChI=1S/C18H26F2N3O8P/c1-10(2)30-14(25)6-18(19,20)9-29-32(27)8-11-12(7-28-32)31-15(17(11,3)21)23-5-4-13(24)22-16(23)26/h4-5,10-12,15H,6-9,21H2,1-3H3,(H,22,24,26)/t11-,12-,15-,17-,32?/m1/s1. The number of aromatic nitrogens is 2. The minimum atomic E-state index is -4.01. The molecule has 1 unspecified atom stereocenters. The number of aromatic amines is 1. The molecular formula is C18H26F2N3O8P. The van der Waals surface area contributed by atoms with Crippen molar-refractivity contribution in [3.63, 3.8) is 0 Å². The van der Waals surface area contributed by atoms with E-state index < -0.39 is 73.7 Å². The average molecular weight is 481 g/mol. The first-order valence-corrected chi connectivity index (χ1v) is 11.7. The maximum Gasteiger partial charge on any atom is 0.331 e. The number of rotatable bonds is 7. The van der Waals surface area contributed by atoms with Gasteiger partial charge in [0.2, 0.25) is 0 Å². The molecule has 5 atom stereocenters. The molecule has 0 spiro atoms. The Bertz CT molecular complexity index is 1020. The van der Waals surface area contributed by atoms with Crippen molar-refractivity contribution in [1.29, 1.82) is 0 Å². The van der Waals surface area contributed by atoms with Gasteiger partial charge in [0, 0.05) is 18.2 Å². The number of esters is 1. The van der Waals surface area contributed by atoms with E-state index in [9.17, 15) is 27.7 Å². The number of alkyl halides is 2. The molecule has 32 heavy (non-hydrogen) atoms. The van der Waals surface area contributed by atoms with E-state index in [4.69, 9.17) is 24.3 Å². The van der Waals surface area contributed by atoms with E-state index in [1.807, 2.05) is 0 Å². The molecule has 0 radical (unpaired) electrons. The van der Waals surface area contributed by atoms with Crippen LogP contribution >= 0.6 is 7.60 Å². The van der Waals surface area contributed by atoms with Gasteiger partial charge in [0.05, 0.1) is 30.5 Å². The van der Waals surface area contributed by atoms with Gasteiger partial charge in [0.15, 0.2) is 6.23 Å². The summed E-state index contributed by atoms with van der Waals surface area (Å²) in [4.78, 5) is 37.1. The van der Waals surface area contributed by atoms with Crippen LogP contribution in [-0.4, -0.2) is 58.6 Å². The van der Waals surface area contributed by atoms with Crippen molar-refractivity contribution in [2.24, 2.45) is 11.7 Å². The Labute approximate surface area is 181 Å². The third kappa shape index (κ3) is 5.34. The number of nitrogens with two attached hydrogens (primary N) is 1. The lowest BCUT2D eigenvalue weighted by molar-refractivity contribution is -0.157. The molecule has 14 heteroatoms. The highest BCUT2D eigenvalue weighted by Crippen LogP contribution is 2.59. The van der Waals surface area contributed by atoms with E-state index in [0.717, 1.165) is 10.6 Å². The topological polar surface area (TPSA) is 152 Å². The van der Waals surface area contributed by atoms with Crippen molar-refractivity contribution in [3.8, 4) is 0 Å². The molecule has 2 aliphatic rings. The van der Waals surface area contributed by atoms with Gasteiger partial charge in [0.1, 0.15) is 13.0 Å². The summed E-state index contributed by atoms with van der Waals surface area (Å²) in [6.07, 6.45) is -2.59. The number of hydrogen-bond donors (Lipinski definition) is 2. The monoisotopic (exact) mass is 481 g/mol. The second-order valence-electron chi connectivity index (χ2n) is 8.45. The fourth-order valence-electron chi connectivity index (χ4n) is 3.77. The number of hydrogen-bond acceptors (Lipinski definition) is 9. The minimum absolute atomic E-state index is 0.260. The first-order chi connectivity index (χ1) is 14.7. The lowest BCUT2D eigenvalue weighted by Gasteiger charge is -2.36. The Balaban J connectivity index is 1.69. The first kappa shape index (κ1) is 24.7. The van der Waals surface area contributed by atoms with Gasteiger partial charge in [-0.25, -0.2) is 13.6 Å². The summed E-state index contributed by atoms with van der Waals surface area (Å²) in [6.45, 7) is 3.05. The van der Waals surface area contributed by atoms with Crippen LogP contribution in [0.4, 0.5) is 8.78 Å². The molecule has 11 nitrogen and oxygen atoms in total. The highest BCUT2D eigenvalue weighted by molar-refractivity contribution is 7.53. The molecule has 1 aromatic heterocycles. The fraction of sp³-hybridized carbons (Fsp3) is 0.722. The third-order valence-corrected chi connectivity index (χ3v) is 7.19. The van der Waals surface area contributed by atoms with E-state index >= 15 is 0 Å². The van der Waals surface area contributed by atoms with Gasteiger partial charge >= 0.3 is 19.3 Å². The SMILES string of the molecule is CC(C)OC(=O)CC(F)(F)COP1(=O)C[C@@H]2[C@@H](CO1)O[C@@H](n1ccc(=O)[nH]c1=O)[C@]2(C)N. The van der Waals surface area contributed by atoms with Crippen LogP contribution in [0.5, 0.6) is 0 Å². The van der Waals surface area contributed by atoms with Crippen molar-refractivity contribution >= 4 is 13.6 Å². The smallest absolute Gasteiger partial charge is 0.331 e. The van der Waals surface area contributed by atoms with Crippen LogP contribution in [0, 0.1) is 5.92 Å². The normalized spacial score (nSPS) is 32.7. The maximum atomic E-state index is 14.1. The lowest BCUT2D eigenvalue weighted by Crippen LogP contribution is -2.52. The number of H-pyrrole nitrogens is 1. The van der Waals surface area contributed by atoms with Crippen LogP contribution in [0.3, 0.4) is 0 Å². The van der Waals surface area contributed by atoms with Gasteiger partial charge in [-0.3, -0.25) is 23.7 Å². The molecule has 1 aromatic rings. The highest BCUT2D eigenvalue weighted by Gasteiger charge is 2.58. The summed E-state index contributed by atoms with van der Waals surface area (Å²) in [5.41, 5.74) is 3.81. The van der Waals surface area contributed by atoms with Gasteiger partial charge in [-0.2, -0.15) is 0 Å². The second kappa shape index (κ2) is 8.79. The number of halogens is 2. The van der Waals surface area contributed by atoms with Gasteiger partial charge in [-0.15, -0.1) is 0 Å². The molecule has 180 valence electrons. The van der Waals surface area contributed by atoms with Crippen molar-refractivity contribution in [1.82, 2.24) is 9.55 Å². The molecule has 0 amide bonds. The predicted octanol–water partition coefficient (Wildman–Crippen LogP) is 0.985. The zero-order valence-electron chi connectivity index (χ0n) is 17.8. The quantitative estimate of drug-likeness (QED) is 0.429. The molecular weight excluding hydrogens is 455 g/mol. The van der Waals surface area contributed by atoms with Crippen LogP contribution in [0.15, 0.2) is 21.9 Å². The molecule has 3 rings (SSSR count). The van der Waals surface area contributed by atoms with Crippen LogP contribution in [0.1, 0.15) is 33.4 Å². The molecule has 0 aromatic carbocycles. The van der Waals surface area contributed by atoms with E-state index in [1.54, 1.807) is 6.92 Å². The van der Waals surface area contributed by atoms with Crippen molar-refractivity contribution in [2.75, 3.05) is 19.4 Å². The largest absolute Gasteiger partial charge is 0.463 e. The zero-order chi connectivity index (χ0) is 23.9. The van der Waals surface area contributed by atoms with Crippen LogP contribution < -0.4 is 17.0 Å². The molecule has 0 aliphatic carbocycles. The summed E-state index contributed by atoms with van der Waals surface area (Å²) >= 11 is 0. The van der Waals surface area contributed by atoms with Crippen LogP contribution in [0.2, 0.25) is 0 Å². The molecule has 3 heterocycles. The molecule has 0 saturated carbocycles. The van der Waals surface area contributed by atoms with Crippen LogP contribution in [-0.2, 0) is 27.9 Å². The Morgan fingerprint density at radius 3 is 2.78 bits per heavy atom. The van der Waals surface area contributed by atoms with Crippen molar-refractivity contribution in [3.05, 3.63) is 33.1 Å². The Morgan fingerprint density at radius 2 is 2.16 bits per heavy atom. The lowest BCUT2D eigenvalue weighted by atomic mass is 9.85. The van der Waals surface area contributed by atoms with E-state index in [-0.39, 0.29) is 12.8 Å². The number of nitrogens with zero attached hydrogens (tertiary/aromatic N) is 1. The second-order valence-corrected chi connectivity index (χ2v) is 10.6. The fourth-order valence-corrected chi connectivity index (χ4v) is 5.92. The number of nitrogens with one attached hydrogen (secondary N) is 1. The van der Waals surface area contributed by atoms with Gasteiger partial charge in [-0.1, -0.05) is 0 Å². The zero-order valence-corrected chi connectivity index (χ0v) is 18.7. The third-order valence-electron chi connectivity index (χ3n) is 5.29. The Kier molecular flexibility index (Phi) is 6.79. The van der Waals surface area contributed by atoms with Crippen molar-refractivity contribution in [2.45, 2.75) is 57.1 Å².